The zero-order valence-corrected chi connectivity index (χ0v) is 19.3. The molecule has 0 aliphatic heterocycles. The van der Waals surface area contributed by atoms with Crippen molar-refractivity contribution in [2.75, 3.05) is 0 Å². The maximum Gasteiger partial charge on any atom is 0.235 e. The smallest absolute Gasteiger partial charge is 0.235 e. The van der Waals surface area contributed by atoms with E-state index in [0.29, 0.717) is 18.7 Å². The lowest BCUT2D eigenvalue weighted by Gasteiger charge is -2.22. The number of hydrogen-bond acceptors (Lipinski definition) is 4. The summed E-state index contributed by atoms with van der Waals surface area (Å²) in [6, 6.07) is 27.4. The van der Waals surface area contributed by atoms with Crippen molar-refractivity contribution in [3.8, 4) is 5.69 Å². The molecule has 2 aromatic heterocycles. The number of fused-ring (bicyclic) bond motifs is 1. The number of nitrogens with two attached hydrogens (primary N) is 2. The third-order valence-electron chi connectivity index (χ3n) is 6.46. The molecule has 35 heavy (non-hydrogen) atoms. The highest BCUT2D eigenvalue weighted by Crippen LogP contribution is 2.29. The first-order valence-electron chi connectivity index (χ1n) is 11.7. The Bertz CT molecular complexity index is 1420. The van der Waals surface area contributed by atoms with Gasteiger partial charge in [-0.25, -0.2) is 0 Å². The number of benzene rings is 3. The number of rotatable bonds is 9. The highest BCUT2D eigenvalue weighted by molar-refractivity contribution is 5.84. The molecule has 5 rings (SSSR count). The van der Waals surface area contributed by atoms with Crippen LogP contribution in [0.15, 0.2) is 91.1 Å². The Balaban J connectivity index is 1.57. The summed E-state index contributed by atoms with van der Waals surface area (Å²) in [4.78, 5) is 15.6. The molecule has 2 atom stereocenters. The van der Waals surface area contributed by atoms with Crippen molar-refractivity contribution in [1.82, 2.24) is 19.7 Å². The summed E-state index contributed by atoms with van der Waals surface area (Å²) in [5.74, 6) is 0.430. The molecule has 0 bridgehead atoms. The van der Waals surface area contributed by atoms with Gasteiger partial charge in [0.25, 0.3) is 0 Å². The van der Waals surface area contributed by atoms with Gasteiger partial charge < -0.3 is 16.5 Å². The SMILES string of the molecule is NC(=O)C(N)C(Cc1c[nH]c2ccccc12)c1nnc(CCc2ccccc2)n1-c1ccccc1. The Morgan fingerprint density at radius 1 is 0.886 bits per heavy atom. The third kappa shape index (κ3) is 4.72. The van der Waals surface area contributed by atoms with E-state index in [0.717, 1.165) is 34.4 Å². The maximum absolute atomic E-state index is 12.3. The topological polar surface area (TPSA) is 116 Å². The van der Waals surface area contributed by atoms with Gasteiger partial charge in [-0.05, 0) is 42.2 Å². The van der Waals surface area contributed by atoms with Crippen molar-refractivity contribution < 1.29 is 4.79 Å². The second-order valence-corrected chi connectivity index (χ2v) is 8.73. The lowest BCUT2D eigenvalue weighted by atomic mass is 9.90. The fourth-order valence-electron chi connectivity index (χ4n) is 4.61. The second kappa shape index (κ2) is 9.95. The molecule has 3 aromatic carbocycles. The van der Waals surface area contributed by atoms with Crippen LogP contribution in [-0.4, -0.2) is 31.7 Å². The summed E-state index contributed by atoms with van der Waals surface area (Å²) in [6.45, 7) is 0. The molecule has 2 heterocycles. The number of aromatic amines is 1. The van der Waals surface area contributed by atoms with Gasteiger partial charge in [-0.3, -0.25) is 9.36 Å². The van der Waals surface area contributed by atoms with E-state index in [1.54, 1.807) is 0 Å². The van der Waals surface area contributed by atoms with E-state index in [2.05, 4.69) is 33.4 Å². The summed E-state index contributed by atoms with van der Waals surface area (Å²) < 4.78 is 2.03. The number of primary amides is 1. The van der Waals surface area contributed by atoms with Gasteiger partial charge in [0.05, 0.1) is 6.04 Å². The number of aryl methyl sites for hydroxylation is 2. The summed E-state index contributed by atoms with van der Waals surface area (Å²) in [6.07, 6.45) is 3.97. The van der Waals surface area contributed by atoms with Gasteiger partial charge in [0.2, 0.25) is 5.91 Å². The Morgan fingerprint density at radius 3 is 2.31 bits per heavy atom. The van der Waals surface area contributed by atoms with Gasteiger partial charge in [-0.2, -0.15) is 0 Å². The van der Waals surface area contributed by atoms with Gasteiger partial charge in [0.15, 0.2) is 0 Å². The normalized spacial score (nSPS) is 13.1. The third-order valence-corrected chi connectivity index (χ3v) is 6.46. The molecule has 0 radical (unpaired) electrons. The molecule has 5 N–H and O–H groups in total. The molecule has 0 spiro atoms. The van der Waals surface area contributed by atoms with Gasteiger partial charge in [0.1, 0.15) is 11.6 Å². The number of carbonyl (C=O) groups excluding carboxylic acids is 1. The van der Waals surface area contributed by atoms with Crippen LogP contribution in [0.4, 0.5) is 0 Å². The summed E-state index contributed by atoms with van der Waals surface area (Å²) in [5, 5.41) is 10.2. The molecule has 0 aliphatic carbocycles. The van der Waals surface area contributed by atoms with Crippen LogP contribution in [0, 0.1) is 0 Å². The fourth-order valence-corrected chi connectivity index (χ4v) is 4.61. The highest BCUT2D eigenvalue weighted by Gasteiger charge is 2.31. The number of hydrogen-bond donors (Lipinski definition) is 3. The Kier molecular flexibility index (Phi) is 6.41. The van der Waals surface area contributed by atoms with E-state index in [1.165, 1.54) is 5.56 Å². The molecule has 0 aliphatic rings. The molecule has 0 saturated carbocycles. The lowest BCUT2D eigenvalue weighted by Crippen LogP contribution is -2.43. The Labute approximate surface area is 203 Å². The molecular formula is C28H28N6O. The molecule has 5 aromatic rings. The minimum Gasteiger partial charge on any atom is -0.368 e. The average molecular weight is 465 g/mol. The van der Waals surface area contributed by atoms with E-state index in [4.69, 9.17) is 11.5 Å². The number of carbonyl (C=O) groups is 1. The first-order chi connectivity index (χ1) is 17.1. The van der Waals surface area contributed by atoms with Crippen molar-refractivity contribution in [3.05, 3.63) is 114 Å². The van der Waals surface area contributed by atoms with Crippen LogP contribution in [0.5, 0.6) is 0 Å². The Morgan fingerprint density at radius 2 is 1.57 bits per heavy atom. The minimum atomic E-state index is -0.919. The molecule has 1 amide bonds. The molecule has 0 fully saturated rings. The zero-order chi connectivity index (χ0) is 24.2. The molecule has 7 nitrogen and oxygen atoms in total. The van der Waals surface area contributed by atoms with E-state index in [-0.39, 0.29) is 0 Å². The van der Waals surface area contributed by atoms with Gasteiger partial charge >= 0.3 is 0 Å². The van der Waals surface area contributed by atoms with E-state index in [1.807, 2.05) is 77.5 Å². The van der Waals surface area contributed by atoms with Gasteiger partial charge in [-0.15, -0.1) is 10.2 Å². The quantitative estimate of drug-likeness (QED) is 0.309. The van der Waals surface area contributed by atoms with Crippen molar-refractivity contribution in [2.45, 2.75) is 31.2 Å². The van der Waals surface area contributed by atoms with Crippen molar-refractivity contribution in [1.29, 1.82) is 0 Å². The van der Waals surface area contributed by atoms with Crippen molar-refractivity contribution in [2.24, 2.45) is 11.5 Å². The predicted molar refractivity (Wildman–Crippen MR) is 137 cm³/mol. The van der Waals surface area contributed by atoms with Crippen LogP contribution < -0.4 is 11.5 Å². The first-order valence-corrected chi connectivity index (χ1v) is 11.7. The zero-order valence-electron chi connectivity index (χ0n) is 19.3. The van der Waals surface area contributed by atoms with Crippen LogP contribution in [0.2, 0.25) is 0 Å². The Hall–Kier alpha value is -4.23. The van der Waals surface area contributed by atoms with E-state index >= 15 is 0 Å². The number of amides is 1. The van der Waals surface area contributed by atoms with Crippen LogP contribution in [0.25, 0.3) is 16.6 Å². The summed E-state index contributed by atoms with van der Waals surface area (Å²) >= 11 is 0. The van der Waals surface area contributed by atoms with Crippen LogP contribution in [-0.2, 0) is 24.1 Å². The summed E-state index contributed by atoms with van der Waals surface area (Å²) in [5.41, 5.74) is 16.4. The molecule has 7 heteroatoms. The van der Waals surface area contributed by atoms with Gasteiger partial charge in [-0.1, -0.05) is 66.7 Å². The largest absolute Gasteiger partial charge is 0.368 e. The fraction of sp³-hybridized carbons (Fsp3) is 0.179. The monoisotopic (exact) mass is 464 g/mol. The van der Waals surface area contributed by atoms with Crippen LogP contribution in [0.1, 0.15) is 28.7 Å². The second-order valence-electron chi connectivity index (χ2n) is 8.73. The standard InChI is InChI=1S/C28H28N6O/c29-26(27(30)35)23(17-20-18-31-24-14-8-7-13-22(20)24)28-33-32-25(16-15-19-9-3-1-4-10-19)34(28)21-11-5-2-6-12-21/h1-14,18,23,26,31H,15-17,29H2,(H2,30,35). The van der Waals surface area contributed by atoms with Crippen LogP contribution >= 0.6 is 0 Å². The lowest BCUT2D eigenvalue weighted by molar-refractivity contribution is -0.119. The van der Waals surface area contributed by atoms with Crippen LogP contribution in [0.3, 0.4) is 0 Å². The predicted octanol–water partition coefficient (Wildman–Crippen LogP) is 3.67. The molecule has 2 unspecified atom stereocenters. The van der Waals surface area contributed by atoms with Crippen molar-refractivity contribution >= 4 is 16.8 Å². The molecule has 176 valence electrons. The summed E-state index contributed by atoms with van der Waals surface area (Å²) in [7, 11) is 0. The number of aromatic nitrogens is 4. The van der Waals surface area contributed by atoms with Crippen molar-refractivity contribution in [3.63, 3.8) is 0 Å². The number of H-pyrrole nitrogens is 1. The maximum atomic E-state index is 12.3. The number of nitrogens with zero attached hydrogens (tertiary/aromatic N) is 3. The van der Waals surface area contributed by atoms with E-state index in [9.17, 15) is 4.79 Å². The number of nitrogens with one attached hydrogen (secondary N) is 1. The van der Waals surface area contributed by atoms with Gasteiger partial charge in [0, 0.05) is 35.1 Å². The molecule has 0 saturated heterocycles. The van der Waals surface area contributed by atoms with E-state index < -0.39 is 17.9 Å². The highest BCUT2D eigenvalue weighted by atomic mass is 16.1. The first kappa shape index (κ1) is 22.6. The molecular weight excluding hydrogens is 436 g/mol. The number of para-hydroxylation sites is 2. The average Bonchev–Trinajstić information content (AvgIpc) is 3.51. The minimum absolute atomic E-state index is 0.454.